The number of benzene rings is 2. The fourth-order valence-electron chi connectivity index (χ4n) is 3.74. The number of pyridine rings is 1. The summed E-state index contributed by atoms with van der Waals surface area (Å²) in [5.41, 5.74) is 5.34. The molecule has 0 fully saturated rings. The lowest BCUT2D eigenvalue weighted by molar-refractivity contribution is 0.102. The van der Waals surface area contributed by atoms with E-state index in [0.29, 0.717) is 28.4 Å². The molecule has 0 radical (unpaired) electrons. The van der Waals surface area contributed by atoms with Gasteiger partial charge >= 0.3 is 0 Å². The number of carbonyl (C=O) groups excluding carboxylic acids is 1. The summed E-state index contributed by atoms with van der Waals surface area (Å²) in [7, 11) is 3.14. The second-order valence-corrected chi connectivity index (χ2v) is 7.55. The van der Waals surface area contributed by atoms with Gasteiger partial charge in [-0.05, 0) is 56.2 Å². The lowest BCUT2D eigenvalue weighted by Crippen LogP contribution is -2.14. The van der Waals surface area contributed by atoms with Crippen molar-refractivity contribution in [3.63, 3.8) is 0 Å². The number of ether oxygens (including phenoxy) is 2. The van der Waals surface area contributed by atoms with Gasteiger partial charge in [0.25, 0.3) is 5.91 Å². The molecule has 0 bridgehead atoms. The van der Waals surface area contributed by atoms with Crippen LogP contribution in [0.2, 0.25) is 0 Å². The highest BCUT2D eigenvalue weighted by molar-refractivity contribution is 6.13. The zero-order valence-electron chi connectivity index (χ0n) is 18.9. The quantitative estimate of drug-likeness (QED) is 0.472. The zero-order valence-corrected chi connectivity index (χ0v) is 18.9. The van der Waals surface area contributed by atoms with Gasteiger partial charge in [-0.15, -0.1) is 0 Å². The molecule has 0 aliphatic heterocycles. The largest absolute Gasteiger partial charge is 0.497 e. The normalized spacial score (nSPS) is 10.9. The summed E-state index contributed by atoms with van der Waals surface area (Å²) in [6.45, 7) is 5.88. The summed E-state index contributed by atoms with van der Waals surface area (Å²) in [6.07, 6.45) is 0.968. The van der Waals surface area contributed by atoms with Crippen LogP contribution in [-0.2, 0) is 6.42 Å². The molecule has 1 amide bonds. The van der Waals surface area contributed by atoms with Gasteiger partial charge in [0.1, 0.15) is 11.5 Å². The standard InChI is InChI=1S/C25H26N4O3/c1-6-17-7-9-18(10-8-17)29-24-23(16(3)28-29)20(13-15(2)26-24)25(30)27-21-12-11-19(31-4)14-22(21)32-5/h7-14H,6H2,1-5H3,(H,27,30). The van der Waals surface area contributed by atoms with Crippen molar-refractivity contribution in [2.24, 2.45) is 0 Å². The first-order chi connectivity index (χ1) is 15.4. The van der Waals surface area contributed by atoms with Crippen LogP contribution in [0.15, 0.2) is 48.5 Å². The molecule has 0 saturated heterocycles. The Morgan fingerprint density at radius 2 is 1.78 bits per heavy atom. The fourth-order valence-corrected chi connectivity index (χ4v) is 3.74. The molecule has 32 heavy (non-hydrogen) atoms. The van der Waals surface area contributed by atoms with Crippen molar-refractivity contribution in [3.8, 4) is 17.2 Å². The van der Waals surface area contributed by atoms with E-state index in [4.69, 9.17) is 19.6 Å². The van der Waals surface area contributed by atoms with Crippen molar-refractivity contribution >= 4 is 22.6 Å². The number of amides is 1. The molecule has 2 aromatic carbocycles. The maximum Gasteiger partial charge on any atom is 0.256 e. The predicted octanol–water partition coefficient (Wildman–Crippen LogP) is 4.87. The molecule has 0 spiro atoms. The van der Waals surface area contributed by atoms with Crippen LogP contribution in [0.1, 0.15) is 34.2 Å². The van der Waals surface area contributed by atoms with Crippen molar-refractivity contribution in [1.29, 1.82) is 0 Å². The Hall–Kier alpha value is -3.87. The van der Waals surface area contributed by atoms with Crippen LogP contribution in [-0.4, -0.2) is 34.9 Å². The number of hydrogen-bond donors (Lipinski definition) is 1. The number of methoxy groups -OCH3 is 2. The van der Waals surface area contributed by atoms with E-state index in [2.05, 4.69) is 24.4 Å². The maximum absolute atomic E-state index is 13.3. The SMILES string of the molecule is CCc1ccc(-n2nc(C)c3c(C(=O)Nc4ccc(OC)cc4OC)cc(C)nc32)cc1. The van der Waals surface area contributed by atoms with Crippen molar-refractivity contribution in [2.75, 3.05) is 19.5 Å². The van der Waals surface area contributed by atoms with Crippen molar-refractivity contribution in [3.05, 3.63) is 71.0 Å². The molecule has 0 atom stereocenters. The van der Waals surface area contributed by atoms with E-state index in [0.717, 1.165) is 28.9 Å². The zero-order chi connectivity index (χ0) is 22.8. The van der Waals surface area contributed by atoms with Gasteiger partial charge in [0.2, 0.25) is 0 Å². The molecule has 4 rings (SSSR count). The molecule has 0 aliphatic rings. The molecule has 0 aliphatic carbocycles. The van der Waals surface area contributed by atoms with Crippen LogP contribution in [0.4, 0.5) is 5.69 Å². The highest BCUT2D eigenvalue weighted by atomic mass is 16.5. The Morgan fingerprint density at radius 1 is 1.03 bits per heavy atom. The average molecular weight is 431 g/mol. The van der Waals surface area contributed by atoms with Gasteiger partial charge < -0.3 is 14.8 Å². The minimum Gasteiger partial charge on any atom is -0.497 e. The summed E-state index contributed by atoms with van der Waals surface area (Å²) in [6, 6.07) is 15.3. The monoisotopic (exact) mass is 430 g/mol. The van der Waals surface area contributed by atoms with Gasteiger partial charge in [-0.2, -0.15) is 5.10 Å². The lowest BCUT2D eigenvalue weighted by atomic mass is 10.1. The number of anilines is 1. The van der Waals surface area contributed by atoms with Crippen LogP contribution in [0.25, 0.3) is 16.7 Å². The second-order valence-electron chi connectivity index (χ2n) is 7.55. The minimum atomic E-state index is -0.257. The van der Waals surface area contributed by atoms with E-state index < -0.39 is 0 Å². The van der Waals surface area contributed by atoms with Gasteiger partial charge in [-0.1, -0.05) is 19.1 Å². The smallest absolute Gasteiger partial charge is 0.256 e. The van der Waals surface area contributed by atoms with Crippen LogP contribution in [0.5, 0.6) is 11.5 Å². The predicted molar refractivity (Wildman–Crippen MR) is 125 cm³/mol. The molecule has 0 saturated carbocycles. The number of nitrogens with zero attached hydrogens (tertiary/aromatic N) is 3. The third-order valence-corrected chi connectivity index (χ3v) is 5.43. The third kappa shape index (κ3) is 3.89. The molecule has 2 heterocycles. The van der Waals surface area contributed by atoms with Crippen molar-refractivity contribution in [1.82, 2.24) is 14.8 Å². The van der Waals surface area contributed by atoms with E-state index in [1.54, 1.807) is 43.2 Å². The van der Waals surface area contributed by atoms with E-state index in [9.17, 15) is 4.79 Å². The van der Waals surface area contributed by atoms with Gasteiger partial charge in [-0.3, -0.25) is 4.79 Å². The number of fused-ring (bicyclic) bond motifs is 1. The van der Waals surface area contributed by atoms with Crippen LogP contribution in [0.3, 0.4) is 0 Å². The second kappa shape index (κ2) is 8.70. The van der Waals surface area contributed by atoms with Crippen molar-refractivity contribution in [2.45, 2.75) is 27.2 Å². The molecule has 4 aromatic rings. The number of carbonyl (C=O) groups is 1. The summed E-state index contributed by atoms with van der Waals surface area (Å²) in [4.78, 5) is 18.0. The summed E-state index contributed by atoms with van der Waals surface area (Å²) < 4.78 is 12.4. The topological polar surface area (TPSA) is 78.3 Å². The van der Waals surface area contributed by atoms with E-state index in [1.165, 1.54) is 5.56 Å². The van der Waals surface area contributed by atoms with E-state index in [-0.39, 0.29) is 5.91 Å². The minimum absolute atomic E-state index is 0.257. The Balaban J connectivity index is 1.78. The lowest BCUT2D eigenvalue weighted by Gasteiger charge is -2.12. The average Bonchev–Trinajstić information content (AvgIpc) is 3.14. The summed E-state index contributed by atoms with van der Waals surface area (Å²) in [5.74, 6) is 0.907. The molecular weight excluding hydrogens is 404 g/mol. The number of rotatable bonds is 6. The molecular formula is C25H26N4O3. The van der Waals surface area contributed by atoms with Gasteiger partial charge in [0.05, 0.1) is 42.2 Å². The van der Waals surface area contributed by atoms with Gasteiger partial charge in [0.15, 0.2) is 5.65 Å². The molecule has 7 heteroatoms. The molecule has 1 N–H and O–H groups in total. The molecule has 2 aromatic heterocycles. The van der Waals surface area contributed by atoms with Gasteiger partial charge in [-0.25, -0.2) is 9.67 Å². The first kappa shape index (κ1) is 21.4. The summed E-state index contributed by atoms with van der Waals surface area (Å²) in [5, 5.41) is 8.37. The Labute approximate surface area is 187 Å². The van der Waals surface area contributed by atoms with Crippen molar-refractivity contribution < 1.29 is 14.3 Å². The van der Waals surface area contributed by atoms with Crippen LogP contribution >= 0.6 is 0 Å². The molecule has 0 unspecified atom stereocenters. The number of aromatic nitrogens is 3. The van der Waals surface area contributed by atoms with Crippen LogP contribution in [0, 0.1) is 13.8 Å². The Morgan fingerprint density at radius 3 is 2.44 bits per heavy atom. The highest BCUT2D eigenvalue weighted by Crippen LogP contribution is 2.31. The highest BCUT2D eigenvalue weighted by Gasteiger charge is 2.20. The van der Waals surface area contributed by atoms with E-state index in [1.807, 2.05) is 26.0 Å². The number of nitrogens with one attached hydrogen (secondary N) is 1. The Kier molecular flexibility index (Phi) is 5.81. The van der Waals surface area contributed by atoms with Crippen LogP contribution < -0.4 is 14.8 Å². The first-order valence-corrected chi connectivity index (χ1v) is 10.4. The number of aryl methyl sites for hydroxylation is 3. The Bertz CT molecular complexity index is 1290. The maximum atomic E-state index is 13.3. The molecule has 7 nitrogen and oxygen atoms in total. The van der Waals surface area contributed by atoms with Gasteiger partial charge in [0, 0.05) is 11.8 Å². The van der Waals surface area contributed by atoms with E-state index >= 15 is 0 Å². The summed E-state index contributed by atoms with van der Waals surface area (Å²) >= 11 is 0. The third-order valence-electron chi connectivity index (χ3n) is 5.43. The first-order valence-electron chi connectivity index (χ1n) is 10.4. The molecule has 164 valence electrons. The fraction of sp³-hybridized carbons (Fsp3) is 0.240. The number of hydrogen-bond acceptors (Lipinski definition) is 5.